The van der Waals surface area contributed by atoms with Gasteiger partial charge < -0.3 is 16.2 Å². The number of aromatic nitrogens is 1. The maximum Gasteiger partial charge on any atom is 0.257 e. The molecule has 0 radical (unpaired) electrons. The second kappa shape index (κ2) is 5.13. The van der Waals surface area contributed by atoms with E-state index in [0.29, 0.717) is 11.4 Å². The van der Waals surface area contributed by atoms with Crippen molar-refractivity contribution < 1.29 is 9.90 Å². The van der Waals surface area contributed by atoms with Gasteiger partial charge in [-0.1, -0.05) is 12.1 Å². The molecule has 5 nitrogen and oxygen atoms in total. The highest BCUT2D eigenvalue weighted by atomic mass is 16.3. The molecule has 3 aromatic rings. The van der Waals surface area contributed by atoms with Crippen molar-refractivity contribution in [1.29, 1.82) is 0 Å². The third kappa shape index (κ3) is 2.49. The number of hydrogen-bond acceptors (Lipinski definition) is 4. The van der Waals surface area contributed by atoms with Crippen molar-refractivity contribution in [3.63, 3.8) is 0 Å². The zero-order chi connectivity index (χ0) is 14.8. The van der Waals surface area contributed by atoms with Gasteiger partial charge in [0.25, 0.3) is 5.91 Å². The Labute approximate surface area is 121 Å². The summed E-state index contributed by atoms with van der Waals surface area (Å²) in [6.45, 7) is 0. The van der Waals surface area contributed by atoms with Gasteiger partial charge in [-0.05, 0) is 30.3 Å². The number of nitrogen functional groups attached to an aromatic ring is 1. The van der Waals surface area contributed by atoms with Crippen molar-refractivity contribution in [3.05, 3.63) is 60.4 Å². The van der Waals surface area contributed by atoms with Gasteiger partial charge in [-0.25, -0.2) is 0 Å². The fourth-order valence-electron chi connectivity index (χ4n) is 2.16. The molecule has 5 heteroatoms. The smallest absolute Gasteiger partial charge is 0.257 e. The van der Waals surface area contributed by atoms with E-state index in [1.165, 1.54) is 18.2 Å². The highest BCUT2D eigenvalue weighted by Gasteiger charge is 2.12. The Hall–Kier alpha value is -3.08. The van der Waals surface area contributed by atoms with E-state index in [2.05, 4.69) is 10.3 Å². The predicted octanol–water partition coefficient (Wildman–Crippen LogP) is 2.77. The summed E-state index contributed by atoms with van der Waals surface area (Å²) in [7, 11) is 0. The van der Waals surface area contributed by atoms with E-state index in [9.17, 15) is 9.90 Å². The van der Waals surface area contributed by atoms with Gasteiger partial charge >= 0.3 is 0 Å². The molecule has 0 bridgehead atoms. The van der Waals surface area contributed by atoms with E-state index in [4.69, 9.17) is 5.73 Å². The highest BCUT2D eigenvalue weighted by molar-refractivity contribution is 6.11. The number of pyridine rings is 1. The first kappa shape index (κ1) is 12.9. The summed E-state index contributed by atoms with van der Waals surface area (Å²) in [6, 6.07) is 11.7. The Morgan fingerprint density at radius 1 is 1.19 bits per heavy atom. The van der Waals surface area contributed by atoms with Crippen LogP contribution in [0.15, 0.2) is 54.9 Å². The number of aromatic hydroxyl groups is 1. The van der Waals surface area contributed by atoms with Gasteiger partial charge in [0.05, 0.1) is 5.56 Å². The second-order valence-corrected chi connectivity index (χ2v) is 4.63. The molecular formula is C16H13N3O2. The number of fused-ring (bicyclic) bond motifs is 1. The molecule has 1 amide bonds. The zero-order valence-corrected chi connectivity index (χ0v) is 11.1. The molecule has 0 spiro atoms. The van der Waals surface area contributed by atoms with Crippen LogP contribution in [0.5, 0.6) is 5.75 Å². The van der Waals surface area contributed by atoms with Gasteiger partial charge in [-0.2, -0.15) is 0 Å². The number of phenolic OH excluding ortho intramolecular Hbond substituents is 1. The second-order valence-electron chi connectivity index (χ2n) is 4.63. The number of anilines is 2. The van der Waals surface area contributed by atoms with Gasteiger partial charge in [0.1, 0.15) is 5.75 Å². The predicted molar refractivity (Wildman–Crippen MR) is 82.2 cm³/mol. The lowest BCUT2D eigenvalue weighted by Crippen LogP contribution is -2.14. The lowest BCUT2D eigenvalue weighted by Gasteiger charge is -2.10. The lowest BCUT2D eigenvalue weighted by atomic mass is 10.1. The quantitative estimate of drug-likeness (QED) is 0.497. The number of hydrogen-bond donors (Lipinski definition) is 3. The zero-order valence-electron chi connectivity index (χ0n) is 11.1. The van der Waals surface area contributed by atoms with Crippen LogP contribution in [0.2, 0.25) is 0 Å². The maximum absolute atomic E-state index is 12.3. The number of nitrogens with two attached hydrogens (primary N) is 1. The summed E-state index contributed by atoms with van der Waals surface area (Å²) in [5.41, 5.74) is 6.99. The van der Waals surface area contributed by atoms with Crippen LogP contribution in [0, 0.1) is 0 Å². The fraction of sp³-hybridized carbons (Fsp3) is 0. The van der Waals surface area contributed by atoms with Crippen LogP contribution < -0.4 is 11.1 Å². The minimum absolute atomic E-state index is 0.00327. The number of nitrogens with one attached hydrogen (secondary N) is 1. The molecule has 0 aliphatic carbocycles. The molecule has 21 heavy (non-hydrogen) atoms. The number of rotatable bonds is 2. The molecule has 4 N–H and O–H groups in total. The summed E-state index contributed by atoms with van der Waals surface area (Å²) in [5, 5.41) is 14.1. The molecule has 1 aromatic heterocycles. The third-order valence-electron chi connectivity index (χ3n) is 3.21. The van der Waals surface area contributed by atoms with E-state index < -0.39 is 0 Å². The first-order valence-corrected chi connectivity index (χ1v) is 6.38. The minimum atomic E-state index is -0.368. The van der Waals surface area contributed by atoms with Crippen LogP contribution in [0.1, 0.15) is 10.4 Å². The van der Waals surface area contributed by atoms with Crippen molar-refractivity contribution in [1.82, 2.24) is 4.98 Å². The van der Waals surface area contributed by atoms with Crippen LogP contribution in [0.4, 0.5) is 11.4 Å². The third-order valence-corrected chi connectivity index (χ3v) is 3.21. The Bertz CT molecular complexity index is 825. The molecule has 2 aromatic carbocycles. The van der Waals surface area contributed by atoms with Crippen LogP contribution in [-0.2, 0) is 0 Å². The summed E-state index contributed by atoms with van der Waals surface area (Å²) in [6.07, 6.45) is 3.40. The van der Waals surface area contributed by atoms with Gasteiger partial charge in [0.15, 0.2) is 0 Å². The summed E-state index contributed by atoms with van der Waals surface area (Å²) in [4.78, 5) is 16.4. The summed E-state index contributed by atoms with van der Waals surface area (Å²) in [5.74, 6) is -0.371. The van der Waals surface area contributed by atoms with Crippen molar-refractivity contribution in [2.45, 2.75) is 0 Å². The molecule has 3 rings (SSSR count). The summed E-state index contributed by atoms with van der Waals surface area (Å²) < 4.78 is 0. The number of nitrogens with zero attached hydrogens (tertiary/aromatic N) is 1. The van der Waals surface area contributed by atoms with E-state index in [-0.39, 0.29) is 17.2 Å². The molecular weight excluding hydrogens is 266 g/mol. The van der Waals surface area contributed by atoms with Crippen molar-refractivity contribution >= 4 is 28.1 Å². The van der Waals surface area contributed by atoms with Crippen LogP contribution in [0.25, 0.3) is 10.8 Å². The summed E-state index contributed by atoms with van der Waals surface area (Å²) >= 11 is 0. The standard InChI is InChI=1S/C16H13N3O2/c17-14-5-4-11(20)8-13(14)16(21)19-15-3-1-2-10-9-18-7-6-12(10)15/h1-9,20H,17H2,(H,19,21). The molecule has 0 aliphatic rings. The topological polar surface area (TPSA) is 88.2 Å². The number of phenols is 1. The van der Waals surface area contributed by atoms with Gasteiger partial charge in [-0.15, -0.1) is 0 Å². The highest BCUT2D eigenvalue weighted by Crippen LogP contribution is 2.24. The largest absolute Gasteiger partial charge is 0.508 e. The monoisotopic (exact) mass is 279 g/mol. The molecule has 104 valence electrons. The molecule has 0 aliphatic heterocycles. The van der Waals surface area contributed by atoms with E-state index in [0.717, 1.165) is 10.8 Å². The van der Waals surface area contributed by atoms with Crippen molar-refractivity contribution in [2.75, 3.05) is 11.1 Å². The molecule has 0 saturated carbocycles. The minimum Gasteiger partial charge on any atom is -0.508 e. The Balaban J connectivity index is 1.99. The first-order chi connectivity index (χ1) is 10.1. The first-order valence-electron chi connectivity index (χ1n) is 6.38. The van der Waals surface area contributed by atoms with E-state index in [1.54, 1.807) is 18.5 Å². The van der Waals surface area contributed by atoms with E-state index >= 15 is 0 Å². The van der Waals surface area contributed by atoms with Crippen LogP contribution in [0.3, 0.4) is 0 Å². The van der Waals surface area contributed by atoms with E-state index in [1.807, 2.05) is 18.2 Å². The Morgan fingerprint density at radius 2 is 2.05 bits per heavy atom. The lowest BCUT2D eigenvalue weighted by molar-refractivity contribution is 0.102. The molecule has 0 unspecified atom stereocenters. The number of carbonyl (C=O) groups excluding carboxylic acids is 1. The number of amides is 1. The average molecular weight is 279 g/mol. The number of carbonyl (C=O) groups is 1. The fourth-order valence-corrected chi connectivity index (χ4v) is 2.16. The van der Waals surface area contributed by atoms with Crippen LogP contribution in [-0.4, -0.2) is 16.0 Å². The average Bonchev–Trinajstić information content (AvgIpc) is 2.50. The molecule has 1 heterocycles. The SMILES string of the molecule is Nc1ccc(O)cc1C(=O)Nc1cccc2cnccc12. The number of benzene rings is 2. The van der Waals surface area contributed by atoms with Crippen molar-refractivity contribution in [2.24, 2.45) is 0 Å². The van der Waals surface area contributed by atoms with Gasteiger partial charge in [-0.3, -0.25) is 9.78 Å². The Morgan fingerprint density at radius 3 is 2.90 bits per heavy atom. The van der Waals surface area contributed by atoms with Crippen molar-refractivity contribution in [3.8, 4) is 5.75 Å². The normalized spacial score (nSPS) is 10.5. The van der Waals surface area contributed by atoms with Crippen LogP contribution >= 0.6 is 0 Å². The maximum atomic E-state index is 12.3. The molecule has 0 saturated heterocycles. The molecule has 0 atom stereocenters. The van der Waals surface area contributed by atoms with Gasteiger partial charge in [0, 0.05) is 34.5 Å². The Kier molecular flexibility index (Phi) is 3.16. The van der Waals surface area contributed by atoms with Gasteiger partial charge in [0.2, 0.25) is 0 Å². The molecule has 0 fully saturated rings.